The molecule has 1 aromatic carbocycles. The molecule has 168 valence electrons. The van der Waals surface area contributed by atoms with Crippen molar-refractivity contribution in [1.29, 1.82) is 0 Å². The van der Waals surface area contributed by atoms with Gasteiger partial charge >= 0.3 is 0 Å². The third-order valence-corrected chi connectivity index (χ3v) is 7.93. The Morgan fingerprint density at radius 1 is 1.09 bits per heavy atom. The summed E-state index contributed by atoms with van der Waals surface area (Å²) >= 11 is 3.97. The number of fused-ring (bicyclic) bond motifs is 3. The van der Waals surface area contributed by atoms with Crippen LogP contribution < -0.4 is 16.0 Å². The first-order valence-corrected chi connectivity index (χ1v) is 11.9. The first kappa shape index (κ1) is 21.7. The molecule has 6 rings (SSSR count). The van der Waals surface area contributed by atoms with Gasteiger partial charge in [-0.25, -0.2) is 9.37 Å². The summed E-state index contributed by atoms with van der Waals surface area (Å²) < 4.78 is 27.6. The predicted molar refractivity (Wildman–Crippen MR) is 132 cm³/mol. The molecule has 32 heavy (non-hydrogen) atoms. The zero-order valence-corrected chi connectivity index (χ0v) is 20.2. The topological polar surface area (TPSA) is 92.9 Å². The number of morpholine rings is 1. The maximum absolute atomic E-state index is 14.0. The lowest BCUT2D eigenvalue weighted by Crippen LogP contribution is -2.36. The smallest absolute Gasteiger partial charge is 0.298 e. The van der Waals surface area contributed by atoms with E-state index in [-0.39, 0.29) is 12.0 Å². The van der Waals surface area contributed by atoms with Crippen molar-refractivity contribution in [3.05, 3.63) is 47.5 Å². The summed E-state index contributed by atoms with van der Waals surface area (Å²) in [4.78, 5) is 14.7. The molecule has 8 nitrogen and oxygen atoms in total. The van der Waals surface area contributed by atoms with Gasteiger partial charge in [0.25, 0.3) is 6.01 Å². The fourth-order valence-electron chi connectivity index (χ4n) is 4.21. The number of hydrogen-bond acceptors (Lipinski definition) is 9. The first-order valence-electron chi connectivity index (χ1n) is 10.2. The maximum atomic E-state index is 14.0. The van der Waals surface area contributed by atoms with Crippen LogP contribution in [0.2, 0.25) is 0 Å². The highest BCUT2D eigenvalue weighted by Gasteiger charge is 2.30. The average molecular weight is 568 g/mol. The van der Waals surface area contributed by atoms with Crippen LogP contribution in [0.15, 0.2) is 45.5 Å². The van der Waals surface area contributed by atoms with Gasteiger partial charge in [0, 0.05) is 54.8 Å². The molecule has 0 saturated carbocycles. The Morgan fingerprint density at radius 2 is 1.94 bits per heavy atom. The van der Waals surface area contributed by atoms with E-state index in [9.17, 15) is 4.39 Å². The monoisotopic (exact) mass is 568 g/mol. The summed E-state index contributed by atoms with van der Waals surface area (Å²) in [5.41, 5.74) is 4.86. The van der Waals surface area contributed by atoms with Crippen LogP contribution in [0.4, 0.5) is 16.2 Å². The highest BCUT2D eigenvalue weighted by molar-refractivity contribution is 14.1. The van der Waals surface area contributed by atoms with Crippen molar-refractivity contribution in [2.45, 2.75) is 11.3 Å². The first-order chi connectivity index (χ1) is 15.2. The molecule has 1 fully saturated rings. The van der Waals surface area contributed by atoms with Gasteiger partial charge in [-0.3, -0.25) is 2.52 Å². The highest BCUT2D eigenvalue weighted by Crippen LogP contribution is 2.46. The molecule has 2 aromatic heterocycles. The minimum Gasteiger partial charge on any atom is -0.423 e. The van der Waals surface area contributed by atoms with Crippen molar-refractivity contribution in [3.8, 4) is 0 Å². The number of aromatic nitrogens is 2. The number of benzene rings is 1. The van der Waals surface area contributed by atoms with Crippen LogP contribution in [0.25, 0.3) is 16.7 Å². The average Bonchev–Trinajstić information content (AvgIpc) is 3.23. The van der Waals surface area contributed by atoms with Gasteiger partial charge in [-0.05, 0) is 35.7 Å². The molecule has 0 aliphatic carbocycles. The number of hydrogen-bond donors (Lipinski definition) is 1. The molecule has 1 saturated heterocycles. The number of pyridine rings is 1. The third kappa shape index (κ3) is 3.80. The van der Waals surface area contributed by atoms with Crippen LogP contribution in [0, 0.1) is 5.82 Å². The second-order valence-corrected chi connectivity index (χ2v) is 10.3. The van der Waals surface area contributed by atoms with Gasteiger partial charge in [0.15, 0.2) is 5.58 Å². The number of anilines is 2. The van der Waals surface area contributed by atoms with Crippen molar-refractivity contribution in [1.82, 2.24) is 18.6 Å². The van der Waals surface area contributed by atoms with Gasteiger partial charge < -0.3 is 25.1 Å². The fourth-order valence-corrected chi connectivity index (χ4v) is 6.28. The number of oxazole rings is 1. The minimum atomic E-state index is -0.206. The summed E-state index contributed by atoms with van der Waals surface area (Å²) in [6.07, 6.45) is 2.65. The Bertz CT molecular complexity index is 1200. The van der Waals surface area contributed by atoms with Crippen molar-refractivity contribution in [2.24, 2.45) is 0 Å². The Labute approximate surface area is 203 Å². The zero-order chi connectivity index (χ0) is 20.9. The standard InChI is InChI=1S/C21H19FIN5O2S.H3N/c22-13-1-2-19-14(9-13)15-12-27(4-3-17(15)28(23)31-19)20-10-18-16(11-24-20)25-21(30-18)26-5-7-29-8-6-26;/h1-2,9-11H,3-8,12H2;1H3. The van der Waals surface area contributed by atoms with Gasteiger partial charge in [0.2, 0.25) is 0 Å². The Hall–Kier alpha value is -2.09. The highest BCUT2D eigenvalue weighted by atomic mass is 127. The molecule has 5 heterocycles. The quantitative estimate of drug-likeness (QED) is 0.269. The fraction of sp³-hybridized carbons (Fsp3) is 0.333. The molecule has 0 amide bonds. The summed E-state index contributed by atoms with van der Waals surface area (Å²) in [5.74, 6) is 0.641. The number of nitrogens with zero attached hydrogens (tertiary/aromatic N) is 5. The molecule has 0 spiro atoms. The second-order valence-electron chi connectivity index (χ2n) is 7.68. The Kier molecular flexibility index (Phi) is 5.90. The number of ether oxygens (including phenoxy) is 1. The van der Waals surface area contributed by atoms with Crippen molar-refractivity contribution < 1.29 is 13.5 Å². The normalized spacial score (nSPS) is 18.5. The van der Waals surface area contributed by atoms with Crippen LogP contribution >= 0.6 is 34.8 Å². The SMILES string of the molecule is Fc1ccc2c(c1)C1=C(CCN(c3cc4oc(N5CCOCC5)nc4cn3)C1)N(I)S2.N. The van der Waals surface area contributed by atoms with E-state index in [1.165, 1.54) is 11.8 Å². The van der Waals surface area contributed by atoms with Crippen LogP contribution in [0.3, 0.4) is 0 Å². The lowest BCUT2D eigenvalue weighted by atomic mass is 9.98. The Morgan fingerprint density at radius 3 is 2.78 bits per heavy atom. The maximum Gasteiger partial charge on any atom is 0.298 e. The number of rotatable bonds is 2. The molecule has 3 aliphatic rings. The van der Waals surface area contributed by atoms with Gasteiger partial charge in [-0.15, -0.1) is 0 Å². The van der Waals surface area contributed by atoms with Crippen LogP contribution in [0.1, 0.15) is 12.0 Å². The molecular formula is C21H22FIN6O2S. The van der Waals surface area contributed by atoms with E-state index < -0.39 is 0 Å². The van der Waals surface area contributed by atoms with Crippen molar-refractivity contribution in [2.75, 3.05) is 49.2 Å². The molecule has 0 radical (unpaired) electrons. The van der Waals surface area contributed by atoms with Crippen LogP contribution in [0.5, 0.6) is 0 Å². The van der Waals surface area contributed by atoms with Crippen LogP contribution in [-0.2, 0) is 4.74 Å². The predicted octanol–water partition coefficient (Wildman–Crippen LogP) is 4.65. The lowest BCUT2D eigenvalue weighted by molar-refractivity contribution is 0.120. The summed E-state index contributed by atoms with van der Waals surface area (Å²) in [5, 5.41) is 0. The molecule has 0 unspecified atom stereocenters. The lowest BCUT2D eigenvalue weighted by Gasteiger charge is -2.37. The molecule has 0 bridgehead atoms. The zero-order valence-electron chi connectivity index (χ0n) is 17.3. The van der Waals surface area contributed by atoms with Gasteiger partial charge in [0.1, 0.15) is 17.2 Å². The van der Waals surface area contributed by atoms with E-state index in [2.05, 4.69) is 45.2 Å². The summed E-state index contributed by atoms with van der Waals surface area (Å²) in [7, 11) is 0. The van der Waals surface area contributed by atoms with Crippen molar-refractivity contribution in [3.63, 3.8) is 0 Å². The summed E-state index contributed by atoms with van der Waals surface area (Å²) in [6, 6.07) is 7.61. The molecular weight excluding hydrogens is 546 g/mol. The summed E-state index contributed by atoms with van der Waals surface area (Å²) in [6.45, 7) is 4.43. The van der Waals surface area contributed by atoms with Crippen molar-refractivity contribution >= 4 is 63.3 Å². The molecule has 0 atom stereocenters. The molecule has 3 aliphatic heterocycles. The van der Waals surface area contributed by atoms with Gasteiger partial charge in [0.05, 0.1) is 42.3 Å². The van der Waals surface area contributed by atoms with E-state index >= 15 is 0 Å². The third-order valence-electron chi connectivity index (χ3n) is 5.83. The largest absolute Gasteiger partial charge is 0.423 e. The molecule has 11 heteroatoms. The van der Waals surface area contributed by atoms with E-state index in [1.54, 1.807) is 24.2 Å². The van der Waals surface area contributed by atoms with E-state index in [1.807, 2.05) is 12.1 Å². The van der Waals surface area contributed by atoms with E-state index in [4.69, 9.17) is 9.15 Å². The van der Waals surface area contributed by atoms with Gasteiger partial charge in [-0.1, -0.05) is 0 Å². The van der Waals surface area contributed by atoms with E-state index in [0.717, 1.165) is 59.0 Å². The Balaban J connectivity index is 0.00000216. The number of halogens is 2. The molecule has 3 N–H and O–H groups in total. The second kappa shape index (κ2) is 8.69. The minimum absolute atomic E-state index is 0. The van der Waals surface area contributed by atoms with Crippen LogP contribution in [-0.4, -0.2) is 51.9 Å². The molecule has 3 aromatic rings. The van der Waals surface area contributed by atoms with Gasteiger partial charge in [-0.2, -0.15) is 4.98 Å². The van der Waals surface area contributed by atoms with E-state index in [0.29, 0.717) is 25.8 Å².